The minimum atomic E-state index is -0.403. The van der Waals surface area contributed by atoms with Gasteiger partial charge in [0, 0.05) is 17.1 Å². The van der Waals surface area contributed by atoms with Crippen molar-refractivity contribution in [1.82, 2.24) is 5.43 Å². The van der Waals surface area contributed by atoms with Gasteiger partial charge in [-0.3, -0.25) is 4.79 Å². The number of furan rings is 1. The van der Waals surface area contributed by atoms with Crippen LogP contribution in [0.1, 0.15) is 29.5 Å². The smallest absolute Gasteiger partial charge is 0.337 e. The van der Waals surface area contributed by atoms with Crippen molar-refractivity contribution in [3.05, 3.63) is 47.7 Å². The van der Waals surface area contributed by atoms with Crippen molar-refractivity contribution in [2.75, 3.05) is 18.6 Å². The van der Waals surface area contributed by atoms with Crippen LogP contribution in [0.3, 0.4) is 0 Å². The standard InChI is InChI=1S/C19H20N2O4S2/c1-19(26-8-9-27-19)11-17(22)21-20-12-15-6-7-16(25-15)13-4-3-5-14(10-13)18(23)24-2/h3-7,10,12H,8-9,11H2,1-2H3,(H,21,22)/b20-12-. The first-order valence-corrected chi connectivity index (χ1v) is 10.3. The number of amides is 1. The van der Waals surface area contributed by atoms with Gasteiger partial charge in [0.2, 0.25) is 5.91 Å². The van der Waals surface area contributed by atoms with E-state index < -0.39 is 5.97 Å². The molecule has 1 N–H and O–H groups in total. The summed E-state index contributed by atoms with van der Waals surface area (Å²) < 4.78 is 10.4. The number of esters is 1. The Kier molecular flexibility index (Phi) is 6.28. The van der Waals surface area contributed by atoms with Crippen LogP contribution in [0.4, 0.5) is 0 Å². The van der Waals surface area contributed by atoms with Gasteiger partial charge in [-0.15, -0.1) is 23.5 Å². The Hall–Kier alpha value is -2.19. The Bertz CT molecular complexity index is 857. The van der Waals surface area contributed by atoms with Gasteiger partial charge < -0.3 is 9.15 Å². The second-order valence-electron chi connectivity index (χ2n) is 6.08. The van der Waals surface area contributed by atoms with Crippen molar-refractivity contribution in [2.45, 2.75) is 17.4 Å². The molecule has 1 saturated heterocycles. The number of carbonyl (C=O) groups excluding carboxylic acids is 2. The molecule has 0 bridgehead atoms. The van der Waals surface area contributed by atoms with E-state index in [1.165, 1.54) is 13.3 Å². The van der Waals surface area contributed by atoms with Gasteiger partial charge >= 0.3 is 5.97 Å². The van der Waals surface area contributed by atoms with Crippen LogP contribution in [0.2, 0.25) is 0 Å². The maximum Gasteiger partial charge on any atom is 0.337 e. The SMILES string of the molecule is COC(=O)c1cccc(-c2ccc(/C=N\NC(=O)CC3(C)SCCS3)o2)c1. The Morgan fingerprint density at radius 1 is 1.30 bits per heavy atom. The molecule has 27 heavy (non-hydrogen) atoms. The molecule has 1 fully saturated rings. The predicted octanol–water partition coefficient (Wildman–Crippen LogP) is 3.77. The van der Waals surface area contributed by atoms with Crippen molar-refractivity contribution in [2.24, 2.45) is 5.10 Å². The zero-order chi connectivity index (χ0) is 19.3. The molecule has 0 aliphatic carbocycles. The summed E-state index contributed by atoms with van der Waals surface area (Å²) in [5.74, 6) is 2.73. The van der Waals surface area contributed by atoms with E-state index in [1.807, 2.05) is 29.6 Å². The molecule has 1 amide bonds. The summed E-state index contributed by atoms with van der Waals surface area (Å²) in [6.07, 6.45) is 1.88. The molecule has 1 aromatic heterocycles. The summed E-state index contributed by atoms with van der Waals surface area (Å²) in [7, 11) is 1.34. The monoisotopic (exact) mass is 404 g/mol. The van der Waals surface area contributed by atoms with E-state index in [4.69, 9.17) is 9.15 Å². The second kappa shape index (κ2) is 8.67. The van der Waals surface area contributed by atoms with Gasteiger partial charge in [0.15, 0.2) is 0 Å². The number of methoxy groups -OCH3 is 1. The van der Waals surface area contributed by atoms with Gasteiger partial charge in [0.1, 0.15) is 11.5 Å². The molecule has 3 rings (SSSR count). The van der Waals surface area contributed by atoms with E-state index in [9.17, 15) is 9.59 Å². The Morgan fingerprint density at radius 2 is 2.07 bits per heavy atom. The fraction of sp³-hybridized carbons (Fsp3) is 0.316. The molecular formula is C19H20N2O4S2. The minimum Gasteiger partial charge on any atom is -0.465 e. The van der Waals surface area contributed by atoms with Crippen molar-refractivity contribution < 1.29 is 18.7 Å². The van der Waals surface area contributed by atoms with E-state index in [0.29, 0.717) is 23.5 Å². The Balaban J connectivity index is 1.60. The summed E-state index contributed by atoms with van der Waals surface area (Å²) >= 11 is 3.61. The molecule has 0 radical (unpaired) electrons. The second-order valence-corrected chi connectivity index (χ2v) is 9.53. The van der Waals surface area contributed by atoms with Gasteiger partial charge in [0.05, 0.1) is 29.4 Å². The lowest BCUT2D eigenvalue weighted by Gasteiger charge is -2.19. The summed E-state index contributed by atoms with van der Waals surface area (Å²) in [6, 6.07) is 10.5. The van der Waals surface area contributed by atoms with Crippen LogP contribution < -0.4 is 5.43 Å². The van der Waals surface area contributed by atoms with E-state index in [2.05, 4.69) is 17.5 Å². The lowest BCUT2D eigenvalue weighted by Crippen LogP contribution is -2.26. The number of hydrogen-bond donors (Lipinski definition) is 1. The molecule has 8 heteroatoms. The fourth-order valence-electron chi connectivity index (χ4n) is 2.65. The van der Waals surface area contributed by atoms with Gasteiger partial charge in [-0.25, -0.2) is 10.2 Å². The quantitative estimate of drug-likeness (QED) is 0.448. The lowest BCUT2D eigenvalue weighted by atomic mass is 10.1. The number of nitrogens with zero attached hydrogens (tertiary/aromatic N) is 1. The molecule has 0 atom stereocenters. The molecule has 6 nitrogen and oxygen atoms in total. The van der Waals surface area contributed by atoms with Crippen LogP contribution in [0.15, 0.2) is 45.9 Å². The molecule has 142 valence electrons. The number of benzene rings is 1. The van der Waals surface area contributed by atoms with Gasteiger partial charge in [-0.05, 0) is 31.2 Å². The average molecular weight is 405 g/mol. The first-order valence-electron chi connectivity index (χ1n) is 8.37. The van der Waals surface area contributed by atoms with Crippen LogP contribution in [-0.4, -0.2) is 40.8 Å². The van der Waals surface area contributed by atoms with Gasteiger partial charge in [0.25, 0.3) is 0 Å². The lowest BCUT2D eigenvalue weighted by molar-refractivity contribution is -0.121. The van der Waals surface area contributed by atoms with E-state index >= 15 is 0 Å². The predicted molar refractivity (Wildman–Crippen MR) is 109 cm³/mol. The molecule has 1 aliphatic rings. The van der Waals surface area contributed by atoms with Crippen molar-refractivity contribution >= 4 is 41.6 Å². The van der Waals surface area contributed by atoms with Crippen LogP contribution in [0, 0.1) is 0 Å². The molecule has 0 spiro atoms. The van der Waals surface area contributed by atoms with Gasteiger partial charge in [-0.2, -0.15) is 5.10 Å². The molecule has 1 aliphatic heterocycles. The van der Waals surface area contributed by atoms with Crippen molar-refractivity contribution in [3.8, 4) is 11.3 Å². The summed E-state index contributed by atoms with van der Waals surface area (Å²) in [5.41, 5.74) is 3.75. The van der Waals surface area contributed by atoms with Gasteiger partial charge in [-0.1, -0.05) is 12.1 Å². The number of hydrogen-bond acceptors (Lipinski definition) is 7. The number of rotatable bonds is 6. The van der Waals surface area contributed by atoms with E-state index in [0.717, 1.165) is 17.1 Å². The number of nitrogens with one attached hydrogen (secondary N) is 1. The first-order chi connectivity index (χ1) is 13.0. The Labute approximate surface area is 166 Å². The molecular weight excluding hydrogens is 384 g/mol. The largest absolute Gasteiger partial charge is 0.465 e. The van der Waals surface area contributed by atoms with E-state index in [1.54, 1.807) is 30.3 Å². The molecule has 0 saturated carbocycles. The van der Waals surface area contributed by atoms with Crippen LogP contribution >= 0.6 is 23.5 Å². The number of thioether (sulfide) groups is 2. The van der Waals surface area contributed by atoms with Crippen molar-refractivity contribution in [3.63, 3.8) is 0 Å². The fourth-order valence-corrected chi connectivity index (χ4v) is 5.48. The third kappa shape index (κ3) is 5.17. The summed E-state index contributed by atoms with van der Waals surface area (Å²) in [6.45, 7) is 2.08. The highest BCUT2D eigenvalue weighted by molar-refractivity contribution is 8.21. The highest BCUT2D eigenvalue weighted by atomic mass is 32.2. The molecule has 2 aromatic rings. The normalized spacial score (nSPS) is 15.8. The van der Waals surface area contributed by atoms with Crippen molar-refractivity contribution in [1.29, 1.82) is 0 Å². The molecule has 0 unspecified atom stereocenters. The minimum absolute atomic E-state index is 0.0674. The zero-order valence-corrected chi connectivity index (χ0v) is 16.7. The number of ether oxygens (including phenoxy) is 1. The zero-order valence-electron chi connectivity index (χ0n) is 15.1. The van der Waals surface area contributed by atoms with Crippen LogP contribution in [-0.2, 0) is 9.53 Å². The van der Waals surface area contributed by atoms with E-state index in [-0.39, 0.29) is 9.99 Å². The third-order valence-corrected chi connectivity index (χ3v) is 7.25. The molecule has 1 aromatic carbocycles. The summed E-state index contributed by atoms with van der Waals surface area (Å²) in [5, 5.41) is 3.97. The van der Waals surface area contributed by atoms with Crippen LogP contribution in [0.5, 0.6) is 0 Å². The highest BCUT2D eigenvalue weighted by Crippen LogP contribution is 2.45. The number of hydrazone groups is 1. The average Bonchev–Trinajstić information content (AvgIpc) is 3.30. The van der Waals surface area contributed by atoms with Crippen LogP contribution in [0.25, 0.3) is 11.3 Å². The Morgan fingerprint density at radius 3 is 2.81 bits per heavy atom. The highest BCUT2D eigenvalue weighted by Gasteiger charge is 2.32. The number of carbonyl (C=O) groups is 2. The topological polar surface area (TPSA) is 80.9 Å². The maximum absolute atomic E-state index is 12.0. The first kappa shape index (κ1) is 19.6. The third-order valence-electron chi connectivity index (χ3n) is 3.96. The summed E-state index contributed by atoms with van der Waals surface area (Å²) in [4.78, 5) is 23.7. The molecule has 2 heterocycles. The maximum atomic E-state index is 12.0.